The molecule has 0 N–H and O–H groups in total. The molecule has 0 amide bonds. The molecule has 4 heteroatoms. The van der Waals surface area contributed by atoms with Gasteiger partial charge in [-0.05, 0) is 36.2 Å². The molecule has 0 aromatic heterocycles. The maximum atomic E-state index is 4.94. The van der Waals surface area contributed by atoms with E-state index in [2.05, 4.69) is 22.4 Å². The van der Waals surface area contributed by atoms with Crippen LogP contribution in [0.2, 0.25) is 0 Å². The second-order valence-electron chi connectivity index (χ2n) is 1.38. The zero-order valence-corrected chi connectivity index (χ0v) is 6.78. The first-order chi connectivity index (χ1) is 3.13. The zero-order valence-electron chi connectivity index (χ0n) is 4.25. The van der Waals surface area contributed by atoms with Crippen molar-refractivity contribution in [2.45, 2.75) is 20.0 Å². The Morgan fingerprint density at radius 1 is 1.43 bits per heavy atom. The lowest BCUT2D eigenvalue weighted by atomic mass is 10.5. The Bertz CT molecular complexity index is 96.7. The lowest BCUT2D eigenvalue weighted by Gasteiger charge is -1.98. The van der Waals surface area contributed by atoms with E-state index in [0.717, 1.165) is 0 Å². The minimum atomic E-state index is -0.973. The molecule has 0 atom stereocenters. The standard InChI is InChI=1S/C3H8OS3/c1-3(2)4-7(5)6/h3,7H,1-2H3. The van der Waals surface area contributed by atoms with Gasteiger partial charge in [-0.15, -0.1) is 0 Å². The molecule has 0 rings (SSSR count). The van der Waals surface area contributed by atoms with Crippen LogP contribution in [-0.4, -0.2) is 6.10 Å². The molecule has 0 saturated carbocycles. The topological polar surface area (TPSA) is 9.23 Å². The van der Waals surface area contributed by atoms with E-state index in [-0.39, 0.29) is 6.10 Å². The van der Waals surface area contributed by atoms with Gasteiger partial charge >= 0.3 is 0 Å². The molecule has 44 valence electrons. The molecule has 0 heterocycles. The van der Waals surface area contributed by atoms with E-state index in [1.54, 1.807) is 0 Å². The second-order valence-corrected chi connectivity index (χ2v) is 4.72. The van der Waals surface area contributed by atoms with Crippen molar-refractivity contribution < 1.29 is 4.18 Å². The highest BCUT2D eigenvalue weighted by atomic mass is 33.1. The molecule has 0 aliphatic rings. The van der Waals surface area contributed by atoms with Gasteiger partial charge in [-0.2, -0.15) is 0 Å². The van der Waals surface area contributed by atoms with Gasteiger partial charge in [0, 0.05) is 8.29 Å². The Labute approximate surface area is 55.1 Å². The molecule has 0 aromatic carbocycles. The van der Waals surface area contributed by atoms with Crippen LogP contribution in [0.1, 0.15) is 13.8 Å². The largest absolute Gasteiger partial charge is 0.310 e. The van der Waals surface area contributed by atoms with Gasteiger partial charge in [0.15, 0.2) is 0 Å². The van der Waals surface area contributed by atoms with E-state index < -0.39 is 8.29 Å². The summed E-state index contributed by atoms with van der Waals surface area (Å²) in [6, 6.07) is 0. The van der Waals surface area contributed by atoms with Crippen molar-refractivity contribution in [3.8, 4) is 0 Å². The summed E-state index contributed by atoms with van der Waals surface area (Å²) in [5.41, 5.74) is 0. The predicted octanol–water partition coefficient (Wildman–Crippen LogP) is 0.601. The molecular weight excluding hydrogens is 148 g/mol. The van der Waals surface area contributed by atoms with Crippen molar-refractivity contribution in [2.75, 3.05) is 0 Å². The van der Waals surface area contributed by atoms with E-state index in [1.807, 2.05) is 13.8 Å². The predicted molar refractivity (Wildman–Crippen MR) is 39.7 cm³/mol. The molecule has 0 saturated heterocycles. The first-order valence-electron chi connectivity index (χ1n) is 1.94. The minimum Gasteiger partial charge on any atom is -0.310 e. The van der Waals surface area contributed by atoms with Crippen LogP contribution in [0.4, 0.5) is 0 Å². The summed E-state index contributed by atoms with van der Waals surface area (Å²) in [7, 11) is -0.973. The first-order valence-corrected chi connectivity index (χ1v) is 5.22. The SMILES string of the molecule is CC(C)O[SH](=S)=S. The van der Waals surface area contributed by atoms with Crippen molar-refractivity contribution in [1.29, 1.82) is 0 Å². The monoisotopic (exact) mass is 156 g/mol. The third-order valence-corrected chi connectivity index (χ3v) is 1.41. The summed E-state index contributed by atoms with van der Waals surface area (Å²) in [6.07, 6.45) is 0.195. The smallest absolute Gasteiger partial charge is 0.0669 e. The Hall–Kier alpha value is 0.750. The fraction of sp³-hybridized carbons (Fsp3) is 1.00. The van der Waals surface area contributed by atoms with Gasteiger partial charge in [-0.1, -0.05) is 0 Å². The van der Waals surface area contributed by atoms with Gasteiger partial charge in [0.2, 0.25) is 0 Å². The van der Waals surface area contributed by atoms with Gasteiger partial charge in [-0.3, -0.25) is 0 Å². The van der Waals surface area contributed by atoms with Crippen molar-refractivity contribution in [3.05, 3.63) is 0 Å². The summed E-state index contributed by atoms with van der Waals surface area (Å²) in [5.74, 6) is 0. The van der Waals surface area contributed by atoms with Crippen molar-refractivity contribution in [3.63, 3.8) is 0 Å². The van der Waals surface area contributed by atoms with Crippen LogP contribution in [0.25, 0.3) is 0 Å². The number of hydrogen-bond donors (Lipinski definition) is 1. The van der Waals surface area contributed by atoms with E-state index in [9.17, 15) is 0 Å². The molecule has 0 unspecified atom stereocenters. The molecule has 0 aliphatic carbocycles. The highest BCUT2D eigenvalue weighted by molar-refractivity contribution is 8.44. The number of thiol groups is 1. The van der Waals surface area contributed by atoms with Crippen molar-refractivity contribution in [2.24, 2.45) is 0 Å². The third kappa shape index (κ3) is 6.75. The normalized spacial score (nSPS) is 10.9. The summed E-state index contributed by atoms with van der Waals surface area (Å²) in [6.45, 7) is 3.85. The molecular formula is C3H8OS3. The fourth-order valence-corrected chi connectivity index (χ4v) is 1.55. The lowest BCUT2D eigenvalue weighted by molar-refractivity contribution is 0.291. The average molecular weight is 156 g/mol. The molecule has 0 bridgehead atoms. The zero-order chi connectivity index (χ0) is 5.86. The van der Waals surface area contributed by atoms with Crippen LogP contribution in [0.15, 0.2) is 0 Å². The van der Waals surface area contributed by atoms with Crippen LogP contribution in [0, 0.1) is 0 Å². The molecule has 0 radical (unpaired) electrons. The second kappa shape index (κ2) is 3.72. The van der Waals surface area contributed by atoms with Crippen LogP contribution in [0.3, 0.4) is 0 Å². The van der Waals surface area contributed by atoms with Gasteiger partial charge in [0.05, 0.1) is 6.10 Å². The summed E-state index contributed by atoms with van der Waals surface area (Å²) in [5, 5.41) is 0. The van der Waals surface area contributed by atoms with E-state index in [0.29, 0.717) is 0 Å². The van der Waals surface area contributed by atoms with Crippen molar-refractivity contribution in [1.82, 2.24) is 0 Å². The molecule has 0 aliphatic heterocycles. The Morgan fingerprint density at radius 3 is 1.86 bits per heavy atom. The van der Waals surface area contributed by atoms with Gasteiger partial charge in [0.1, 0.15) is 0 Å². The van der Waals surface area contributed by atoms with Crippen LogP contribution >= 0.6 is 0 Å². The van der Waals surface area contributed by atoms with Gasteiger partial charge in [0.25, 0.3) is 0 Å². The Balaban J connectivity index is 3.32. The van der Waals surface area contributed by atoms with Crippen LogP contribution in [-0.2, 0) is 34.9 Å². The quantitative estimate of drug-likeness (QED) is 0.587. The minimum absolute atomic E-state index is 0.195. The Morgan fingerprint density at radius 2 is 1.86 bits per heavy atom. The maximum absolute atomic E-state index is 4.94. The third-order valence-electron chi connectivity index (χ3n) is 0.297. The highest BCUT2D eigenvalue weighted by Gasteiger charge is 1.85. The number of rotatable bonds is 2. The van der Waals surface area contributed by atoms with Gasteiger partial charge in [-0.25, -0.2) is 0 Å². The highest BCUT2D eigenvalue weighted by Crippen LogP contribution is 1.85. The van der Waals surface area contributed by atoms with E-state index in [4.69, 9.17) is 4.18 Å². The van der Waals surface area contributed by atoms with Crippen LogP contribution < -0.4 is 0 Å². The molecule has 7 heavy (non-hydrogen) atoms. The lowest BCUT2D eigenvalue weighted by Crippen LogP contribution is -1.97. The fourth-order valence-electron chi connectivity index (χ4n) is 0.172. The summed E-state index contributed by atoms with van der Waals surface area (Å²) in [4.78, 5) is 0. The van der Waals surface area contributed by atoms with Crippen molar-refractivity contribution >= 4 is 30.7 Å². The maximum Gasteiger partial charge on any atom is 0.0669 e. The molecule has 0 aromatic rings. The molecule has 1 nitrogen and oxygen atoms in total. The molecule has 0 spiro atoms. The van der Waals surface area contributed by atoms with E-state index >= 15 is 0 Å². The first kappa shape index (κ1) is 7.75. The number of hydrogen-bond acceptors (Lipinski definition) is 3. The van der Waals surface area contributed by atoms with Crippen LogP contribution in [0.5, 0.6) is 0 Å². The van der Waals surface area contributed by atoms with E-state index in [1.165, 1.54) is 0 Å². The Kier molecular flexibility index (Phi) is 4.11. The summed E-state index contributed by atoms with van der Waals surface area (Å²) < 4.78 is 4.94. The average Bonchev–Trinajstić information content (AvgIpc) is 1.27. The van der Waals surface area contributed by atoms with Gasteiger partial charge < -0.3 is 4.18 Å². The summed E-state index contributed by atoms with van der Waals surface area (Å²) >= 11 is 9.22. The molecule has 0 fully saturated rings.